The van der Waals surface area contributed by atoms with Crippen LogP contribution in [0, 0.1) is 11.3 Å². The molecule has 19 heavy (non-hydrogen) atoms. The van der Waals surface area contributed by atoms with Gasteiger partial charge in [0.1, 0.15) is 11.1 Å². The maximum absolute atomic E-state index is 11.8. The van der Waals surface area contributed by atoms with Crippen molar-refractivity contribution < 1.29 is 9.90 Å². The Morgan fingerprint density at radius 3 is 3.00 bits per heavy atom. The lowest BCUT2D eigenvalue weighted by Crippen LogP contribution is -2.32. The number of rotatable bonds is 7. The monoisotopic (exact) mass is 279 g/mol. The average molecular weight is 279 g/mol. The normalized spacial score (nSPS) is 14.4. The summed E-state index contributed by atoms with van der Waals surface area (Å²) in [7, 11) is 0. The van der Waals surface area contributed by atoms with Crippen LogP contribution in [0.3, 0.4) is 0 Å². The fourth-order valence-corrected chi connectivity index (χ4v) is 2.73. The zero-order valence-electron chi connectivity index (χ0n) is 10.6. The topological polar surface area (TPSA) is 76.4 Å². The lowest BCUT2D eigenvalue weighted by atomic mass is 10.3. The van der Waals surface area contributed by atoms with Crippen molar-refractivity contribution in [2.75, 3.05) is 25.0 Å². The van der Waals surface area contributed by atoms with Crippen molar-refractivity contribution in [3.63, 3.8) is 0 Å². The van der Waals surface area contributed by atoms with Crippen molar-refractivity contribution in [3.8, 4) is 6.07 Å². The Morgan fingerprint density at radius 1 is 1.58 bits per heavy atom. The Kier molecular flexibility index (Phi) is 4.91. The molecule has 1 aromatic rings. The minimum atomic E-state index is -0.0810. The molecule has 5 nitrogen and oxygen atoms in total. The van der Waals surface area contributed by atoms with E-state index >= 15 is 0 Å². The van der Waals surface area contributed by atoms with Crippen LogP contribution in [-0.2, 0) is 4.79 Å². The maximum atomic E-state index is 11.8. The molecule has 1 aromatic heterocycles. The van der Waals surface area contributed by atoms with Gasteiger partial charge in [0, 0.05) is 25.6 Å². The molecule has 102 valence electrons. The van der Waals surface area contributed by atoms with E-state index in [1.165, 1.54) is 11.3 Å². The van der Waals surface area contributed by atoms with E-state index in [-0.39, 0.29) is 12.5 Å². The molecule has 0 unspecified atom stereocenters. The molecule has 2 N–H and O–H groups in total. The molecular formula is C13H17N3O2S. The zero-order valence-corrected chi connectivity index (χ0v) is 11.4. The first-order valence-corrected chi connectivity index (χ1v) is 7.25. The van der Waals surface area contributed by atoms with E-state index in [2.05, 4.69) is 10.2 Å². The lowest BCUT2D eigenvalue weighted by Gasteiger charge is -2.20. The molecule has 1 aliphatic carbocycles. The molecule has 0 aromatic carbocycles. The van der Waals surface area contributed by atoms with Gasteiger partial charge in [-0.2, -0.15) is 5.26 Å². The van der Waals surface area contributed by atoms with Gasteiger partial charge in [-0.05, 0) is 24.3 Å². The Morgan fingerprint density at radius 2 is 2.37 bits per heavy atom. The molecular weight excluding hydrogens is 262 g/mol. The Labute approximate surface area is 116 Å². The second-order valence-corrected chi connectivity index (χ2v) is 5.48. The van der Waals surface area contributed by atoms with Gasteiger partial charge in [0.15, 0.2) is 0 Å². The number of hydrogen-bond acceptors (Lipinski definition) is 5. The molecule has 0 radical (unpaired) electrons. The van der Waals surface area contributed by atoms with Crippen LogP contribution >= 0.6 is 11.3 Å². The first-order chi connectivity index (χ1) is 9.24. The number of nitriles is 1. The summed E-state index contributed by atoms with van der Waals surface area (Å²) in [6.45, 7) is 1.41. The highest BCUT2D eigenvalue weighted by atomic mass is 32.1. The molecule has 6 heteroatoms. The quantitative estimate of drug-likeness (QED) is 0.791. The van der Waals surface area contributed by atoms with Gasteiger partial charge in [0.25, 0.3) is 0 Å². The molecule has 1 saturated carbocycles. The van der Waals surface area contributed by atoms with Gasteiger partial charge in [-0.25, -0.2) is 0 Å². The molecule has 1 fully saturated rings. The van der Waals surface area contributed by atoms with Crippen LogP contribution in [0.15, 0.2) is 11.4 Å². The minimum Gasteiger partial charge on any atom is -0.395 e. The number of thiophene rings is 1. The van der Waals surface area contributed by atoms with Crippen molar-refractivity contribution >= 4 is 22.2 Å². The third-order valence-electron chi connectivity index (χ3n) is 3.12. The summed E-state index contributed by atoms with van der Waals surface area (Å²) in [4.78, 5) is 14.0. The predicted octanol–water partition coefficient (Wildman–Crippen LogP) is 1.41. The highest BCUT2D eigenvalue weighted by Crippen LogP contribution is 2.27. The number of hydrogen-bond donors (Lipinski definition) is 2. The SMILES string of the molecule is N#Cc1ccsc1NC(=O)CCN(CCO)C1CC1. The van der Waals surface area contributed by atoms with Crippen LogP contribution in [0.5, 0.6) is 0 Å². The van der Waals surface area contributed by atoms with Crippen molar-refractivity contribution in [2.24, 2.45) is 0 Å². The molecule has 1 heterocycles. The third-order valence-corrected chi connectivity index (χ3v) is 3.95. The van der Waals surface area contributed by atoms with E-state index in [0.717, 1.165) is 12.8 Å². The fraction of sp³-hybridized carbons (Fsp3) is 0.538. The molecule has 0 saturated heterocycles. The maximum Gasteiger partial charge on any atom is 0.226 e. The third kappa shape index (κ3) is 4.03. The van der Waals surface area contributed by atoms with E-state index in [0.29, 0.717) is 36.1 Å². The van der Waals surface area contributed by atoms with E-state index in [4.69, 9.17) is 10.4 Å². The van der Waals surface area contributed by atoms with Crippen LogP contribution in [-0.4, -0.2) is 41.7 Å². The number of nitrogens with zero attached hydrogens (tertiary/aromatic N) is 2. The Bertz CT molecular complexity index is 476. The first kappa shape index (κ1) is 14.0. The number of nitrogens with one attached hydrogen (secondary N) is 1. The standard InChI is InChI=1S/C13H17N3O2S/c14-9-10-4-8-19-13(10)15-12(18)3-5-16(6-7-17)11-1-2-11/h4,8,11,17H,1-3,5-7H2,(H,15,18). The molecule has 2 rings (SSSR count). The molecule has 0 spiro atoms. The summed E-state index contributed by atoms with van der Waals surface area (Å²) in [6, 6.07) is 4.28. The second-order valence-electron chi connectivity index (χ2n) is 4.56. The summed E-state index contributed by atoms with van der Waals surface area (Å²) in [6.07, 6.45) is 2.70. The number of carbonyl (C=O) groups excluding carboxylic acids is 1. The van der Waals surface area contributed by atoms with Crippen LogP contribution in [0.4, 0.5) is 5.00 Å². The number of carbonyl (C=O) groups is 1. The minimum absolute atomic E-state index is 0.0810. The number of aliphatic hydroxyl groups is 1. The van der Waals surface area contributed by atoms with Gasteiger partial charge in [-0.3, -0.25) is 9.69 Å². The van der Waals surface area contributed by atoms with Crippen LogP contribution < -0.4 is 5.32 Å². The van der Waals surface area contributed by atoms with Gasteiger partial charge in [0.05, 0.1) is 12.2 Å². The van der Waals surface area contributed by atoms with Crippen molar-refractivity contribution in [2.45, 2.75) is 25.3 Å². The lowest BCUT2D eigenvalue weighted by molar-refractivity contribution is -0.116. The van der Waals surface area contributed by atoms with E-state index in [9.17, 15) is 4.79 Å². The highest BCUT2D eigenvalue weighted by Gasteiger charge is 2.28. The molecule has 1 amide bonds. The smallest absolute Gasteiger partial charge is 0.226 e. The van der Waals surface area contributed by atoms with E-state index < -0.39 is 0 Å². The van der Waals surface area contributed by atoms with Crippen molar-refractivity contribution in [1.82, 2.24) is 4.90 Å². The largest absolute Gasteiger partial charge is 0.395 e. The molecule has 1 aliphatic rings. The molecule has 0 bridgehead atoms. The van der Waals surface area contributed by atoms with Gasteiger partial charge < -0.3 is 10.4 Å². The highest BCUT2D eigenvalue weighted by molar-refractivity contribution is 7.14. The zero-order chi connectivity index (χ0) is 13.7. The average Bonchev–Trinajstić information content (AvgIpc) is 3.15. The van der Waals surface area contributed by atoms with Gasteiger partial charge in [-0.1, -0.05) is 0 Å². The summed E-state index contributed by atoms with van der Waals surface area (Å²) in [5, 5.41) is 23.0. The van der Waals surface area contributed by atoms with E-state index in [1.807, 2.05) is 6.07 Å². The van der Waals surface area contributed by atoms with Crippen molar-refractivity contribution in [1.29, 1.82) is 5.26 Å². The van der Waals surface area contributed by atoms with E-state index in [1.54, 1.807) is 11.4 Å². The number of anilines is 1. The van der Waals surface area contributed by atoms with Gasteiger partial charge in [0.2, 0.25) is 5.91 Å². The van der Waals surface area contributed by atoms with Crippen molar-refractivity contribution in [3.05, 3.63) is 17.0 Å². The predicted molar refractivity (Wildman–Crippen MR) is 74.0 cm³/mol. The number of aliphatic hydroxyl groups excluding tert-OH is 1. The Balaban J connectivity index is 1.79. The van der Waals surface area contributed by atoms with Crippen LogP contribution in [0.1, 0.15) is 24.8 Å². The van der Waals surface area contributed by atoms with Gasteiger partial charge in [-0.15, -0.1) is 11.3 Å². The molecule has 0 atom stereocenters. The summed E-state index contributed by atoms with van der Waals surface area (Å²) in [5.74, 6) is -0.0810. The van der Waals surface area contributed by atoms with Crippen LogP contribution in [0.25, 0.3) is 0 Å². The summed E-state index contributed by atoms with van der Waals surface area (Å²) in [5.41, 5.74) is 0.507. The molecule has 0 aliphatic heterocycles. The Hall–Kier alpha value is -1.42. The fourth-order valence-electron chi connectivity index (χ4n) is 1.97. The first-order valence-electron chi connectivity index (χ1n) is 6.37. The number of amides is 1. The van der Waals surface area contributed by atoms with Gasteiger partial charge >= 0.3 is 0 Å². The summed E-state index contributed by atoms with van der Waals surface area (Å²) >= 11 is 1.36. The summed E-state index contributed by atoms with van der Waals surface area (Å²) < 4.78 is 0. The second kappa shape index (κ2) is 6.66. The van der Waals surface area contributed by atoms with Crippen LogP contribution in [0.2, 0.25) is 0 Å².